The fraction of sp³-hybridized carbons (Fsp3) is 0.440. The predicted octanol–water partition coefficient (Wildman–Crippen LogP) is 5.00. The second kappa shape index (κ2) is 10.3. The Morgan fingerprint density at radius 2 is 1.66 bits per heavy atom. The Labute approximate surface area is 194 Å². The maximum Gasteiger partial charge on any atom is 0.319 e. The van der Waals surface area contributed by atoms with Crippen molar-refractivity contribution >= 4 is 34.9 Å². The van der Waals surface area contributed by atoms with E-state index in [-0.39, 0.29) is 18.0 Å². The number of nitrogens with zero attached hydrogens (tertiary/aromatic N) is 2. The van der Waals surface area contributed by atoms with Gasteiger partial charge in [-0.1, -0.05) is 36.7 Å². The number of hydrogen-bond acceptors (Lipinski definition) is 3. The molecule has 0 aliphatic carbocycles. The molecule has 2 aromatic carbocycles. The summed E-state index contributed by atoms with van der Waals surface area (Å²) in [6.07, 6.45) is 3.80. The molecule has 2 fully saturated rings. The van der Waals surface area contributed by atoms with Gasteiger partial charge in [-0.3, -0.25) is 4.79 Å². The molecule has 170 valence electrons. The number of anilines is 2. The van der Waals surface area contributed by atoms with Crippen LogP contribution in [0.2, 0.25) is 5.02 Å². The smallest absolute Gasteiger partial charge is 0.319 e. The highest BCUT2D eigenvalue weighted by Gasteiger charge is 2.27. The third-order valence-corrected chi connectivity index (χ3v) is 6.69. The van der Waals surface area contributed by atoms with Crippen molar-refractivity contribution < 1.29 is 9.59 Å². The zero-order chi connectivity index (χ0) is 22.5. The molecule has 0 atom stereocenters. The first-order valence-corrected chi connectivity index (χ1v) is 11.8. The molecule has 0 unspecified atom stereocenters. The number of likely N-dealkylation sites (tertiary alicyclic amines) is 1. The first-order chi connectivity index (χ1) is 15.5. The fourth-order valence-corrected chi connectivity index (χ4v) is 4.69. The average Bonchev–Trinajstić information content (AvgIpc) is 2.79. The number of rotatable bonds is 4. The van der Waals surface area contributed by atoms with E-state index in [9.17, 15) is 9.59 Å². The quantitative estimate of drug-likeness (QED) is 0.683. The van der Waals surface area contributed by atoms with Crippen LogP contribution in [0, 0.1) is 5.92 Å². The molecule has 7 heteroatoms. The summed E-state index contributed by atoms with van der Waals surface area (Å²) < 4.78 is 0. The highest BCUT2D eigenvalue weighted by Crippen LogP contribution is 2.27. The molecular formula is C25H31ClN4O2. The van der Waals surface area contributed by atoms with E-state index >= 15 is 0 Å². The lowest BCUT2D eigenvalue weighted by molar-refractivity contribution is 0.0697. The number of halogens is 1. The number of para-hydroxylation sites is 1. The molecule has 2 saturated heterocycles. The molecule has 0 saturated carbocycles. The Bertz CT molecular complexity index is 950. The number of carbonyl (C=O) groups excluding carboxylic acids is 2. The summed E-state index contributed by atoms with van der Waals surface area (Å²) in [6, 6.07) is 14.9. The minimum Gasteiger partial charge on any atom is -0.371 e. The van der Waals surface area contributed by atoms with Gasteiger partial charge in [-0.25, -0.2) is 4.79 Å². The minimum absolute atomic E-state index is 0.0943. The van der Waals surface area contributed by atoms with Crippen LogP contribution < -0.4 is 15.5 Å². The topological polar surface area (TPSA) is 64.7 Å². The van der Waals surface area contributed by atoms with Gasteiger partial charge in [-0.05, 0) is 61.9 Å². The van der Waals surface area contributed by atoms with Crippen LogP contribution in [-0.4, -0.2) is 49.1 Å². The molecule has 3 amide bonds. The molecule has 4 rings (SSSR count). The molecule has 2 N–H and O–H groups in total. The molecular weight excluding hydrogens is 424 g/mol. The van der Waals surface area contributed by atoms with Crippen LogP contribution in [0.5, 0.6) is 0 Å². The van der Waals surface area contributed by atoms with Gasteiger partial charge in [0.2, 0.25) is 0 Å². The molecule has 0 radical (unpaired) electrons. The van der Waals surface area contributed by atoms with Crippen molar-refractivity contribution in [2.24, 2.45) is 5.92 Å². The number of benzene rings is 2. The third-order valence-electron chi connectivity index (χ3n) is 6.46. The van der Waals surface area contributed by atoms with Crippen LogP contribution in [0.4, 0.5) is 16.2 Å². The summed E-state index contributed by atoms with van der Waals surface area (Å²) in [4.78, 5) is 29.8. The number of carbonyl (C=O) groups is 2. The van der Waals surface area contributed by atoms with E-state index < -0.39 is 0 Å². The summed E-state index contributed by atoms with van der Waals surface area (Å²) in [5.41, 5.74) is 2.46. The molecule has 0 spiro atoms. The summed E-state index contributed by atoms with van der Waals surface area (Å²) in [5, 5.41) is 6.48. The van der Waals surface area contributed by atoms with Gasteiger partial charge in [0.25, 0.3) is 5.91 Å². The number of piperidine rings is 2. The van der Waals surface area contributed by atoms with Gasteiger partial charge in [0.05, 0.1) is 5.56 Å². The number of nitrogens with one attached hydrogen (secondary N) is 2. The van der Waals surface area contributed by atoms with Crippen molar-refractivity contribution in [2.75, 3.05) is 36.4 Å². The third kappa shape index (κ3) is 5.54. The molecule has 2 aromatic rings. The van der Waals surface area contributed by atoms with E-state index in [0.29, 0.717) is 16.6 Å². The Kier molecular flexibility index (Phi) is 7.20. The summed E-state index contributed by atoms with van der Waals surface area (Å²) in [5.74, 6) is 0.825. The van der Waals surface area contributed by atoms with Crippen LogP contribution in [0.1, 0.15) is 43.0 Å². The zero-order valence-electron chi connectivity index (χ0n) is 18.5. The highest BCUT2D eigenvalue weighted by molar-refractivity contribution is 6.30. The van der Waals surface area contributed by atoms with E-state index in [0.717, 1.165) is 63.1 Å². The standard InChI is InChI=1S/C25H31ClN4O2/c1-18-9-13-30(14-10-18)24(31)22-7-2-3-8-23(22)29-15-11-20(12-16-29)27-25(32)28-21-6-4-5-19(26)17-21/h2-8,17-18,20H,9-16H2,1H3,(H2,27,28,32). The Morgan fingerprint density at radius 1 is 0.938 bits per heavy atom. The highest BCUT2D eigenvalue weighted by atomic mass is 35.5. The molecule has 2 aliphatic heterocycles. The lowest BCUT2D eigenvalue weighted by atomic mass is 9.98. The van der Waals surface area contributed by atoms with Crippen molar-refractivity contribution in [1.29, 1.82) is 0 Å². The number of hydrogen-bond donors (Lipinski definition) is 2. The average molecular weight is 455 g/mol. The summed E-state index contributed by atoms with van der Waals surface area (Å²) in [6.45, 7) is 5.51. The number of urea groups is 1. The van der Waals surface area contributed by atoms with Crippen molar-refractivity contribution in [3.05, 3.63) is 59.1 Å². The largest absolute Gasteiger partial charge is 0.371 e. The normalized spacial score (nSPS) is 17.8. The summed E-state index contributed by atoms with van der Waals surface area (Å²) >= 11 is 5.98. The second-order valence-electron chi connectivity index (χ2n) is 8.86. The molecule has 0 aromatic heterocycles. The zero-order valence-corrected chi connectivity index (χ0v) is 19.3. The first kappa shape index (κ1) is 22.5. The van der Waals surface area contributed by atoms with Crippen LogP contribution >= 0.6 is 11.6 Å². The molecule has 32 heavy (non-hydrogen) atoms. The van der Waals surface area contributed by atoms with E-state index in [1.165, 1.54) is 0 Å². The second-order valence-corrected chi connectivity index (χ2v) is 9.30. The predicted molar refractivity (Wildman–Crippen MR) is 130 cm³/mol. The molecule has 2 aliphatic rings. The van der Waals surface area contributed by atoms with Crippen LogP contribution in [0.3, 0.4) is 0 Å². The Balaban J connectivity index is 1.33. The SMILES string of the molecule is CC1CCN(C(=O)c2ccccc2N2CCC(NC(=O)Nc3cccc(Cl)c3)CC2)CC1. The first-order valence-electron chi connectivity index (χ1n) is 11.5. The maximum atomic E-state index is 13.2. The van der Waals surface area contributed by atoms with E-state index in [1.54, 1.807) is 18.2 Å². The van der Waals surface area contributed by atoms with Crippen LogP contribution in [0.25, 0.3) is 0 Å². The Hall–Kier alpha value is -2.73. The number of amides is 3. The maximum absolute atomic E-state index is 13.2. The van der Waals surface area contributed by atoms with Crippen molar-refractivity contribution in [3.63, 3.8) is 0 Å². The molecule has 2 heterocycles. The monoisotopic (exact) mass is 454 g/mol. The van der Waals surface area contributed by atoms with Crippen molar-refractivity contribution in [3.8, 4) is 0 Å². The molecule has 6 nitrogen and oxygen atoms in total. The van der Waals surface area contributed by atoms with Crippen molar-refractivity contribution in [2.45, 2.75) is 38.6 Å². The van der Waals surface area contributed by atoms with Gasteiger partial charge in [-0.15, -0.1) is 0 Å². The fourth-order valence-electron chi connectivity index (χ4n) is 4.50. The van der Waals surface area contributed by atoms with E-state index in [1.807, 2.05) is 35.2 Å². The van der Waals surface area contributed by atoms with Gasteiger partial charge in [0.1, 0.15) is 0 Å². The van der Waals surface area contributed by atoms with Crippen LogP contribution in [-0.2, 0) is 0 Å². The van der Waals surface area contributed by atoms with Gasteiger partial charge in [0, 0.05) is 48.6 Å². The van der Waals surface area contributed by atoms with E-state index in [4.69, 9.17) is 11.6 Å². The van der Waals surface area contributed by atoms with Gasteiger partial charge < -0.3 is 20.4 Å². The van der Waals surface area contributed by atoms with E-state index in [2.05, 4.69) is 22.5 Å². The molecule has 0 bridgehead atoms. The van der Waals surface area contributed by atoms with Gasteiger partial charge in [0.15, 0.2) is 0 Å². The van der Waals surface area contributed by atoms with Gasteiger partial charge in [-0.2, -0.15) is 0 Å². The van der Waals surface area contributed by atoms with Gasteiger partial charge >= 0.3 is 6.03 Å². The lowest BCUT2D eigenvalue weighted by Crippen LogP contribution is -2.46. The van der Waals surface area contributed by atoms with Crippen molar-refractivity contribution in [1.82, 2.24) is 10.2 Å². The summed E-state index contributed by atoms with van der Waals surface area (Å²) in [7, 11) is 0. The van der Waals surface area contributed by atoms with Crippen LogP contribution in [0.15, 0.2) is 48.5 Å². The Morgan fingerprint density at radius 3 is 2.38 bits per heavy atom. The lowest BCUT2D eigenvalue weighted by Gasteiger charge is -2.36. The minimum atomic E-state index is -0.222.